The molecule has 1 heterocycles. The predicted octanol–water partition coefficient (Wildman–Crippen LogP) is 10.2. The van der Waals surface area contributed by atoms with Crippen molar-refractivity contribution in [2.45, 2.75) is 104 Å². The summed E-state index contributed by atoms with van der Waals surface area (Å²) in [5.41, 5.74) is 2.71. The van der Waals surface area contributed by atoms with Gasteiger partial charge in [0, 0.05) is 18.4 Å². The number of halogens is 1. The van der Waals surface area contributed by atoms with E-state index in [9.17, 15) is 9.59 Å². The van der Waals surface area contributed by atoms with Gasteiger partial charge in [0.15, 0.2) is 5.78 Å². The number of hydrogen-bond acceptors (Lipinski definition) is 5. The van der Waals surface area contributed by atoms with Gasteiger partial charge in [0.05, 0.1) is 23.6 Å². The molecule has 1 N–H and O–H groups in total. The fourth-order valence-electron chi connectivity index (χ4n) is 5.05. The van der Waals surface area contributed by atoms with Crippen LogP contribution in [0.4, 0.5) is 5.69 Å². The van der Waals surface area contributed by atoms with Crippen LogP contribution in [0.3, 0.4) is 0 Å². The zero-order valence-electron chi connectivity index (χ0n) is 25.2. The average molecular weight is 646 g/mol. The summed E-state index contributed by atoms with van der Waals surface area (Å²) >= 11 is 1.83. The van der Waals surface area contributed by atoms with Crippen molar-refractivity contribution in [1.82, 2.24) is 4.90 Å². The Kier molecular flexibility index (Phi) is 16.9. The fourth-order valence-corrected chi connectivity index (χ4v) is 5.81. The molecule has 1 amide bonds. The molecule has 3 rings (SSSR count). The van der Waals surface area contributed by atoms with Crippen LogP contribution in [0.15, 0.2) is 53.6 Å². The summed E-state index contributed by atoms with van der Waals surface area (Å²) in [7, 11) is 0. The number of allylic oxidation sites excluding steroid dienone is 1. The minimum absolute atomic E-state index is 0. The predicted molar refractivity (Wildman–Crippen MR) is 179 cm³/mol. The summed E-state index contributed by atoms with van der Waals surface area (Å²) in [6, 6.07) is 13.1. The van der Waals surface area contributed by atoms with Crippen LogP contribution in [0.2, 0.25) is 0 Å². The van der Waals surface area contributed by atoms with E-state index in [1.165, 1.54) is 76.0 Å². The fraction of sp³-hybridized carbons (Fsp3) is 0.529. The second kappa shape index (κ2) is 19.8. The Labute approximate surface area is 262 Å². The SMILES string of the molecule is Br.CCCCCCCCCCCCCCOc1c(C(C)=O)cccc1C(=O)Nc1cccc(CN2C=C(C)SC2)c1. The van der Waals surface area contributed by atoms with E-state index >= 15 is 0 Å². The van der Waals surface area contributed by atoms with Crippen LogP contribution >= 0.6 is 28.7 Å². The molecular weight excluding hydrogens is 596 g/mol. The Hall–Kier alpha value is -2.25. The van der Waals surface area contributed by atoms with Crippen molar-refractivity contribution in [2.75, 3.05) is 17.8 Å². The molecule has 0 aliphatic carbocycles. The van der Waals surface area contributed by atoms with E-state index in [1.54, 1.807) is 18.2 Å². The first-order valence-corrected chi connectivity index (χ1v) is 16.2. The summed E-state index contributed by atoms with van der Waals surface area (Å²) in [6.45, 7) is 7.19. The van der Waals surface area contributed by atoms with Gasteiger partial charge in [-0.05, 0) is 55.0 Å². The summed E-state index contributed by atoms with van der Waals surface area (Å²) in [5, 5.41) is 3.02. The number of ketones is 1. The number of thioether (sulfide) groups is 1. The highest BCUT2D eigenvalue weighted by Gasteiger charge is 2.19. The van der Waals surface area contributed by atoms with E-state index in [-0.39, 0.29) is 28.7 Å². The van der Waals surface area contributed by atoms with Crippen LogP contribution in [0.1, 0.15) is 124 Å². The number of rotatable bonds is 19. The van der Waals surface area contributed by atoms with E-state index in [0.29, 0.717) is 23.5 Å². The highest BCUT2D eigenvalue weighted by Crippen LogP contribution is 2.28. The largest absolute Gasteiger partial charge is 0.492 e. The third-order valence-corrected chi connectivity index (χ3v) is 8.30. The van der Waals surface area contributed by atoms with E-state index in [2.05, 4.69) is 36.3 Å². The lowest BCUT2D eigenvalue weighted by atomic mass is 10.0. The summed E-state index contributed by atoms with van der Waals surface area (Å²) < 4.78 is 6.11. The number of unbranched alkanes of at least 4 members (excludes halogenated alkanes) is 11. The molecule has 41 heavy (non-hydrogen) atoms. The molecule has 1 aliphatic rings. The summed E-state index contributed by atoms with van der Waals surface area (Å²) in [5.74, 6) is 0.965. The van der Waals surface area contributed by atoms with Crippen molar-refractivity contribution in [2.24, 2.45) is 0 Å². The maximum atomic E-state index is 13.3. The highest BCUT2D eigenvalue weighted by atomic mass is 79.9. The highest BCUT2D eigenvalue weighted by molar-refractivity contribution is 8.93. The number of para-hydroxylation sites is 1. The summed E-state index contributed by atoms with van der Waals surface area (Å²) in [6.07, 6.45) is 17.5. The standard InChI is InChI=1S/C34H48N2O3S.BrH/c1-4-5-6-7-8-9-10-11-12-13-14-15-22-39-33-31(28(3)37)20-17-21-32(33)34(38)35-30-19-16-18-29(23-30)25-36-24-27(2)40-26-36;/h16-21,23-24H,4-15,22,25-26H2,1-3H3,(H,35,38);1H. The number of nitrogens with one attached hydrogen (secondary N) is 1. The van der Waals surface area contributed by atoms with Crippen molar-refractivity contribution < 1.29 is 14.3 Å². The third kappa shape index (κ3) is 12.7. The molecule has 0 aromatic heterocycles. The first-order valence-electron chi connectivity index (χ1n) is 15.2. The Balaban J connectivity index is 0.00000588. The molecule has 0 saturated heterocycles. The van der Waals surface area contributed by atoms with Crippen molar-refractivity contribution in [3.05, 3.63) is 70.3 Å². The number of amides is 1. The van der Waals surface area contributed by atoms with Crippen molar-refractivity contribution in [1.29, 1.82) is 0 Å². The lowest BCUT2D eigenvalue weighted by Gasteiger charge is -2.16. The molecule has 0 unspecified atom stereocenters. The molecule has 7 heteroatoms. The van der Waals surface area contributed by atoms with Crippen LogP contribution in [0.25, 0.3) is 0 Å². The Morgan fingerprint density at radius 2 is 1.49 bits per heavy atom. The number of carbonyl (C=O) groups excluding carboxylic acids is 2. The molecule has 1 aliphatic heterocycles. The van der Waals surface area contributed by atoms with Gasteiger partial charge in [-0.15, -0.1) is 28.7 Å². The van der Waals surface area contributed by atoms with Gasteiger partial charge in [0.1, 0.15) is 5.75 Å². The number of carbonyl (C=O) groups is 2. The lowest BCUT2D eigenvalue weighted by Crippen LogP contribution is -2.16. The number of ether oxygens (including phenoxy) is 1. The molecule has 5 nitrogen and oxygen atoms in total. The number of anilines is 1. The van der Waals surface area contributed by atoms with Crippen molar-refractivity contribution in [3.8, 4) is 5.75 Å². The molecule has 0 radical (unpaired) electrons. The van der Waals surface area contributed by atoms with Crippen molar-refractivity contribution in [3.63, 3.8) is 0 Å². The molecular formula is C34H49BrN2O3S. The Morgan fingerprint density at radius 1 is 0.878 bits per heavy atom. The second-order valence-corrected chi connectivity index (χ2v) is 12.1. The number of nitrogens with zero attached hydrogens (tertiary/aromatic N) is 1. The second-order valence-electron chi connectivity index (χ2n) is 10.9. The molecule has 2 aromatic carbocycles. The first-order chi connectivity index (χ1) is 19.5. The van der Waals surface area contributed by atoms with E-state index in [0.717, 1.165) is 36.5 Å². The number of hydrogen-bond donors (Lipinski definition) is 1. The van der Waals surface area contributed by atoms with E-state index < -0.39 is 0 Å². The monoisotopic (exact) mass is 644 g/mol. The molecule has 226 valence electrons. The normalized spacial score (nSPS) is 12.6. The van der Waals surface area contributed by atoms with Gasteiger partial charge in [-0.3, -0.25) is 9.59 Å². The lowest BCUT2D eigenvalue weighted by molar-refractivity contribution is 0.101. The molecule has 2 aromatic rings. The maximum absolute atomic E-state index is 13.3. The maximum Gasteiger partial charge on any atom is 0.259 e. The molecule has 0 bridgehead atoms. The third-order valence-electron chi connectivity index (χ3n) is 7.28. The Bertz CT molecular complexity index is 1120. The molecule has 0 fully saturated rings. The van der Waals surface area contributed by atoms with Gasteiger partial charge < -0.3 is 15.0 Å². The molecule has 0 spiro atoms. The van der Waals surface area contributed by atoms with Gasteiger partial charge in [-0.1, -0.05) is 95.8 Å². The zero-order valence-corrected chi connectivity index (χ0v) is 27.7. The van der Waals surface area contributed by atoms with Gasteiger partial charge >= 0.3 is 0 Å². The zero-order chi connectivity index (χ0) is 28.6. The van der Waals surface area contributed by atoms with Crippen molar-refractivity contribution >= 4 is 46.1 Å². The van der Waals surface area contributed by atoms with Gasteiger partial charge in [-0.2, -0.15) is 0 Å². The topological polar surface area (TPSA) is 58.6 Å². The van der Waals surface area contributed by atoms with E-state index in [4.69, 9.17) is 4.74 Å². The van der Waals surface area contributed by atoms with Crippen LogP contribution < -0.4 is 10.1 Å². The van der Waals surface area contributed by atoms with Crippen LogP contribution in [-0.4, -0.2) is 29.1 Å². The first kappa shape index (κ1) is 34.9. The van der Waals surface area contributed by atoms with Crippen LogP contribution in [0, 0.1) is 0 Å². The minimum atomic E-state index is -0.266. The number of benzene rings is 2. The smallest absolute Gasteiger partial charge is 0.259 e. The minimum Gasteiger partial charge on any atom is -0.492 e. The molecule has 0 saturated carbocycles. The van der Waals surface area contributed by atoms with Crippen LogP contribution in [-0.2, 0) is 6.54 Å². The number of Topliss-reactive ketones (excluding diaryl/α,β-unsaturated/α-hetero) is 1. The van der Waals surface area contributed by atoms with E-state index in [1.807, 2.05) is 30.0 Å². The summed E-state index contributed by atoms with van der Waals surface area (Å²) in [4.78, 5) is 29.2. The van der Waals surface area contributed by atoms with Gasteiger partial charge in [-0.25, -0.2) is 0 Å². The van der Waals surface area contributed by atoms with Crippen LogP contribution in [0.5, 0.6) is 5.75 Å². The Morgan fingerprint density at radius 3 is 2.10 bits per heavy atom. The quantitative estimate of drug-likeness (QED) is 0.122. The molecule has 0 atom stereocenters. The van der Waals surface area contributed by atoms with Gasteiger partial charge in [0.25, 0.3) is 5.91 Å². The van der Waals surface area contributed by atoms with Gasteiger partial charge in [0.2, 0.25) is 0 Å². The average Bonchev–Trinajstić information content (AvgIpc) is 3.35.